The fourth-order valence-electron chi connectivity index (χ4n) is 3.37. The predicted molar refractivity (Wildman–Crippen MR) is 69.1 cm³/mol. The topological polar surface area (TPSA) is 38.1 Å². The maximum absolute atomic E-state index is 11.5. The molecular formula is C14H21N3O. The number of carbonyl (C=O) groups is 1. The van der Waals surface area contributed by atoms with Gasteiger partial charge in [0.15, 0.2) is 0 Å². The van der Waals surface area contributed by atoms with Crippen molar-refractivity contribution in [2.75, 3.05) is 13.1 Å². The normalized spacial score (nSPS) is 23.6. The summed E-state index contributed by atoms with van der Waals surface area (Å²) < 4.78 is 2.21. The Morgan fingerprint density at radius 2 is 2.11 bits per heavy atom. The Morgan fingerprint density at radius 1 is 1.28 bits per heavy atom. The summed E-state index contributed by atoms with van der Waals surface area (Å²) in [6.45, 7) is 3.86. The predicted octanol–water partition coefficient (Wildman–Crippen LogP) is 1.85. The van der Waals surface area contributed by atoms with Crippen LogP contribution in [0.3, 0.4) is 0 Å². The Labute approximate surface area is 108 Å². The first kappa shape index (κ1) is 11.9. The van der Waals surface area contributed by atoms with Crippen molar-refractivity contribution < 1.29 is 4.79 Å². The van der Waals surface area contributed by atoms with Crippen LogP contribution in [0.5, 0.6) is 0 Å². The first-order chi connectivity index (χ1) is 8.81. The number of hydrogen-bond acceptors (Lipinski definition) is 3. The van der Waals surface area contributed by atoms with E-state index in [0.29, 0.717) is 0 Å². The highest BCUT2D eigenvalue weighted by Gasteiger charge is 2.34. The summed E-state index contributed by atoms with van der Waals surface area (Å²) in [5.41, 5.74) is -0.0764. The maximum atomic E-state index is 11.5. The van der Waals surface area contributed by atoms with E-state index in [1.807, 2.05) is 12.4 Å². The molecule has 0 bridgehead atoms. The van der Waals surface area contributed by atoms with Gasteiger partial charge in [0.1, 0.15) is 12.1 Å². The molecule has 3 rings (SSSR count). The molecule has 4 heteroatoms. The third kappa shape index (κ3) is 2.21. The summed E-state index contributed by atoms with van der Waals surface area (Å²) in [7, 11) is 0. The average molecular weight is 247 g/mol. The largest absolute Gasteiger partial charge is 0.333 e. The molecule has 0 N–H and O–H groups in total. The van der Waals surface area contributed by atoms with Gasteiger partial charge in [0.05, 0.1) is 6.54 Å². The third-order valence-corrected chi connectivity index (χ3v) is 4.46. The monoisotopic (exact) mass is 247 g/mol. The summed E-state index contributed by atoms with van der Waals surface area (Å²) >= 11 is 0. The second kappa shape index (κ2) is 4.84. The van der Waals surface area contributed by atoms with Gasteiger partial charge in [0, 0.05) is 37.4 Å². The summed E-state index contributed by atoms with van der Waals surface area (Å²) in [5.74, 6) is 1.14. The number of rotatable bonds is 3. The van der Waals surface area contributed by atoms with Gasteiger partial charge in [-0.15, -0.1) is 0 Å². The van der Waals surface area contributed by atoms with Gasteiger partial charge in [-0.2, -0.15) is 0 Å². The Morgan fingerprint density at radius 3 is 2.89 bits per heavy atom. The van der Waals surface area contributed by atoms with Gasteiger partial charge in [-0.1, -0.05) is 19.3 Å². The summed E-state index contributed by atoms with van der Waals surface area (Å²) in [6.07, 6.45) is 11.0. The Bertz CT molecular complexity index is 420. The van der Waals surface area contributed by atoms with E-state index in [-0.39, 0.29) is 5.41 Å². The summed E-state index contributed by atoms with van der Waals surface area (Å²) in [6, 6.07) is 0. The van der Waals surface area contributed by atoms with Gasteiger partial charge in [0.2, 0.25) is 0 Å². The molecule has 0 aromatic carbocycles. The molecule has 4 nitrogen and oxygen atoms in total. The van der Waals surface area contributed by atoms with E-state index in [1.165, 1.54) is 25.5 Å². The second-order valence-electron chi connectivity index (χ2n) is 5.79. The number of fused-ring (bicyclic) bond motifs is 1. The molecular weight excluding hydrogens is 226 g/mol. The van der Waals surface area contributed by atoms with Crippen molar-refractivity contribution in [2.45, 2.75) is 45.2 Å². The molecule has 0 unspecified atom stereocenters. The number of aldehydes is 1. The van der Waals surface area contributed by atoms with Crippen molar-refractivity contribution in [3.05, 3.63) is 18.2 Å². The van der Waals surface area contributed by atoms with Crippen LogP contribution in [0, 0.1) is 5.41 Å². The molecule has 2 aliphatic rings. The highest BCUT2D eigenvalue weighted by atomic mass is 16.1. The van der Waals surface area contributed by atoms with E-state index >= 15 is 0 Å². The molecule has 0 amide bonds. The smallest absolute Gasteiger partial charge is 0.127 e. The zero-order chi connectivity index (χ0) is 12.4. The maximum Gasteiger partial charge on any atom is 0.127 e. The molecule has 0 atom stereocenters. The van der Waals surface area contributed by atoms with Crippen LogP contribution in [0.25, 0.3) is 0 Å². The van der Waals surface area contributed by atoms with Crippen molar-refractivity contribution >= 4 is 6.29 Å². The van der Waals surface area contributed by atoms with Crippen LogP contribution < -0.4 is 0 Å². The molecule has 1 aromatic heterocycles. The zero-order valence-electron chi connectivity index (χ0n) is 10.8. The van der Waals surface area contributed by atoms with Crippen LogP contribution in [-0.2, 0) is 17.9 Å². The lowest BCUT2D eigenvalue weighted by Crippen LogP contribution is -2.43. The summed E-state index contributed by atoms with van der Waals surface area (Å²) in [5, 5.41) is 0. The highest BCUT2D eigenvalue weighted by Crippen LogP contribution is 2.35. The van der Waals surface area contributed by atoms with Crippen LogP contribution in [0.4, 0.5) is 0 Å². The number of nitrogens with zero attached hydrogens (tertiary/aromatic N) is 3. The molecule has 98 valence electrons. The lowest BCUT2D eigenvalue weighted by Gasteiger charge is -2.38. The van der Waals surface area contributed by atoms with Gasteiger partial charge in [-0.25, -0.2) is 4.98 Å². The number of aromatic nitrogens is 2. The number of hydrogen-bond donors (Lipinski definition) is 0. The molecule has 1 fully saturated rings. The van der Waals surface area contributed by atoms with E-state index in [9.17, 15) is 4.79 Å². The van der Waals surface area contributed by atoms with Crippen molar-refractivity contribution in [1.82, 2.24) is 14.5 Å². The third-order valence-electron chi connectivity index (χ3n) is 4.46. The molecule has 1 aliphatic heterocycles. The second-order valence-corrected chi connectivity index (χ2v) is 5.79. The van der Waals surface area contributed by atoms with Gasteiger partial charge in [-0.05, 0) is 12.8 Å². The molecule has 0 saturated heterocycles. The van der Waals surface area contributed by atoms with E-state index in [0.717, 1.165) is 44.8 Å². The van der Waals surface area contributed by atoms with Crippen LogP contribution in [0.1, 0.15) is 37.9 Å². The van der Waals surface area contributed by atoms with E-state index in [4.69, 9.17) is 0 Å². The molecule has 1 saturated carbocycles. The van der Waals surface area contributed by atoms with Crippen molar-refractivity contribution in [1.29, 1.82) is 0 Å². The molecule has 18 heavy (non-hydrogen) atoms. The van der Waals surface area contributed by atoms with E-state index in [2.05, 4.69) is 14.5 Å². The lowest BCUT2D eigenvalue weighted by molar-refractivity contribution is -0.119. The van der Waals surface area contributed by atoms with E-state index < -0.39 is 0 Å². The minimum Gasteiger partial charge on any atom is -0.333 e. The van der Waals surface area contributed by atoms with Crippen molar-refractivity contribution in [2.24, 2.45) is 5.41 Å². The Balaban J connectivity index is 1.68. The Kier molecular flexibility index (Phi) is 3.20. The quantitative estimate of drug-likeness (QED) is 0.765. The number of imidazole rings is 1. The molecule has 1 aromatic rings. The Hall–Kier alpha value is -1.16. The SMILES string of the molecule is O=CC1(CN2CCn3ccnc3C2)CCCCC1. The minimum atomic E-state index is -0.0764. The van der Waals surface area contributed by atoms with Crippen LogP contribution in [-0.4, -0.2) is 33.8 Å². The minimum absolute atomic E-state index is 0.0764. The first-order valence-corrected chi connectivity index (χ1v) is 7.00. The van der Waals surface area contributed by atoms with Gasteiger partial charge in [0.25, 0.3) is 0 Å². The fraction of sp³-hybridized carbons (Fsp3) is 0.714. The first-order valence-electron chi connectivity index (χ1n) is 7.00. The molecule has 0 radical (unpaired) electrons. The van der Waals surface area contributed by atoms with Gasteiger partial charge in [-0.3, -0.25) is 4.90 Å². The average Bonchev–Trinajstić information content (AvgIpc) is 2.87. The van der Waals surface area contributed by atoms with Crippen LogP contribution in [0.2, 0.25) is 0 Å². The van der Waals surface area contributed by atoms with E-state index in [1.54, 1.807) is 0 Å². The molecule has 0 spiro atoms. The number of carbonyl (C=O) groups excluding carboxylic acids is 1. The van der Waals surface area contributed by atoms with Gasteiger partial charge >= 0.3 is 0 Å². The molecule has 2 heterocycles. The highest BCUT2D eigenvalue weighted by molar-refractivity contribution is 5.60. The van der Waals surface area contributed by atoms with Crippen LogP contribution >= 0.6 is 0 Å². The van der Waals surface area contributed by atoms with Crippen molar-refractivity contribution in [3.63, 3.8) is 0 Å². The van der Waals surface area contributed by atoms with Crippen molar-refractivity contribution in [3.8, 4) is 0 Å². The van der Waals surface area contributed by atoms with Gasteiger partial charge < -0.3 is 9.36 Å². The summed E-state index contributed by atoms with van der Waals surface area (Å²) in [4.78, 5) is 18.3. The van der Waals surface area contributed by atoms with Crippen LogP contribution in [0.15, 0.2) is 12.4 Å². The standard InChI is InChI=1S/C14H21N3O/c18-12-14(4-2-1-3-5-14)11-16-8-9-17-7-6-15-13(17)10-16/h6-7,12H,1-5,8-11H2. The fourth-order valence-corrected chi connectivity index (χ4v) is 3.37. The molecule has 1 aliphatic carbocycles. The zero-order valence-corrected chi connectivity index (χ0v) is 10.8. The lowest BCUT2D eigenvalue weighted by atomic mass is 9.75.